The molecule has 1 aromatic heterocycles. The zero-order valence-corrected chi connectivity index (χ0v) is 16.8. The fourth-order valence-corrected chi connectivity index (χ4v) is 3.33. The number of anilines is 2. The number of ether oxygens (including phenoxy) is 1. The molecule has 3 aromatic rings. The fraction of sp³-hybridized carbons (Fsp3) is 0.261. The standard InChI is InChI=1S/C23H25N5O/c1-17-7-6-8-19(15-17)16-24-27-21-18(2)23(28-11-13-29-14-12-28)26-22(25-21)20-9-4-3-5-10-20/h3-10,15-16H,11-14H2,1-2H3,(H,25,26,27). The van der Waals surface area contributed by atoms with Crippen molar-refractivity contribution < 1.29 is 4.74 Å². The van der Waals surface area contributed by atoms with Crippen molar-refractivity contribution in [1.82, 2.24) is 9.97 Å². The Morgan fingerprint density at radius 2 is 1.79 bits per heavy atom. The van der Waals surface area contributed by atoms with Gasteiger partial charge in [0.1, 0.15) is 5.82 Å². The Balaban J connectivity index is 1.67. The number of hydrazone groups is 1. The Morgan fingerprint density at radius 1 is 1.00 bits per heavy atom. The minimum absolute atomic E-state index is 0.686. The topological polar surface area (TPSA) is 62.6 Å². The highest BCUT2D eigenvalue weighted by molar-refractivity contribution is 5.80. The van der Waals surface area contributed by atoms with Crippen LogP contribution in [-0.4, -0.2) is 42.5 Å². The van der Waals surface area contributed by atoms with E-state index in [0.717, 1.165) is 35.6 Å². The maximum atomic E-state index is 5.51. The Kier molecular flexibility index (Phi) is 5.81. The SMILES string of the molecule is Cc1cccc(C=NNc2nc(-c3ccccc3)nc(N3CCOCC3)c2C)c1. The monoisotopic (exact) mass is 387 g/mol. The van der Waals surface area contributed by atoms with Crippen molar-refractivity contribution in [3.63, 3.8) is 0 Å². The lowest BCUT2D eigenvalue weighted by atomic mass is 10.2. The van der Waals surface area contributed by atoms with Gasteiger partial charge in [-0.3, -0.25) is 5.43 Å². The van der Waals surface area contributed by atoms with Crippen LogP contribution in [0.4, 0.5) is 11.6 Å². The highest BCUT2D eigenvalue weighted by atomic mass is 16.5. The summed E-state index contributed by atoms with van der Waals surface area (Å²) in [5.74, 6) is 2.32. The van der Waals surface area contributed by atoms with Crippen LogP contribution in [0.3, 0.4) is 0 Å². The van der Waals surface area contributed by atoms with E-state index in [-0.39, 0.29) is 0 Å². The van der Waals surface area contributed by atoms with Crippen LogP contribution in [0, 0.1) is 13.8 Å². The van der Waals surface area contributed by atoms with Gasteiger partial charge < -0.3 is 9.64 Å². The maximum absolute atomic E-state index is 5.51. The van der Waals surface area contributed by atoms with Crippen LogP contribution in [0.5, 0.6) is 0 Å². The van der Waals surface area contributed by atoms with Crippen molar-refractivity contribution in [2.24, 2.45) is 5.10 Å². The average molecular weight is 387 g/mol. The second-order valence-electron chi connectivity index (χ2n) is 7.09. The van der Waals surface area contributed by atoms with E-state index in [0.29, 0.717) is 24.9 Å². The summed E-state index contributed by atoms with van der Waals surface area (Å²) in [6, 6.07) is 18.2. The summed E-state index contributed by atoms with van der Waals surface area (Å²) in [4.78, 5) is 11.9. The second-order valence-corrected chi connectivity index (χ2v) is 7.09. The molecule has 148 valence electrons. The number of benzene rings is 2. The van der Waals surface area contributed by atoms with Gasteiger partial charge in [-0.2, -0.15) is 5.10 Å². The van der Waals surface area contributed by atoms with Gasteiger partial charge in [0.25, 0.3) is 0 Å². The van der Waals surface area contributed by atoms with Gasteiger partial charge in [0, 0.05) is 24.2 Å². The molecular weight excluding hydrogens is 362 g/mol. The van der Waals surface area contributed by atoms with Gasteiger partial charge >= 0.3 is 0 Å². The van der Waals surface area contributed by atoms with Crippen molar-refractivity contribution in [2.45, 2.75) is 13.8 Å². The fourth-order valence-electron chi connectivity index (χ4n) is 3.33. The number of morpholine rings is 1. The molecule has 1 saturated heterocycles. The van der Waals surface area contributed by atoms with Gasteiger partial charge in [-0.05, 0) is 19.4 Å². The number of nitrogens with zero attached hydrogens (tertiary/aromatic N) is 4. The van der Waals surface area contributed by atoms with Crippen molar-refractivity contribution in [3.05, 3.63) is 71.3 Å². The minimum atomic E-state index is 0.686. The van der Waals surface area contributed by atoms with E-state index < -0.39 is 0 Å². The lowest BCUT2D eigenvalue weighted by Crippen LogP contribution is -2.37. The number of aromatic nitrogens is 2. The van der Waals surface area contributed by atoms with E-state index in [4.69, 9.17) is 14.7 Å². The normalized spacial score (nSPS) is 14.3. The molecule has 6 heteroatoms. The first-order chi connectivity index (χ1) is 14.2. The number of nitrogens with one attached hydrogen (secondary N) is 1. The van der Waals surface area contributed by atoms with Crippen LogP contribution in [0.15, 0.2) is 59.7 Å². The second kappa shape index (κ2) is 8.84. The van der Waals surface area contributed by atoms with Gasteiger partial charge in [-0.25, -0.2) is 9.97 Å². The third-order valence-electron chi connectivity index (χ3n) is 4.89. The molecule has 0 unspecified atom stereocenters. The van der Waals surface area contributed by atoms with Crippen LogP contribution in [-0.2, 0) is 4.74 Å². The number of aryl methyl sites for hydroxylation is 1. The van der Waals surface area contributed by atoms with E-state index in [1.54, 1.807) is 0 Å². The molecule has 29 heavy (non-hydrogen) atoms. The lowest BCUT2D eigenvalue weighted by Gasteiger charge is -2.29. The predicted molar refractivity (Wildman–Crippen MR) is 118 cm³/mol. The highest BCUT2D eigenvalue weighted by Crippen LogP contribution is 2.28. The Labute approximate surface area is 171 Å². The summed E-state index contributed by atoms with van der Waals surface area (Å²) in [7, 11) is 0. The molecule has 1 aliphatic heterocycles. The van der Waals surface area contributed by atoms with Gasteiger partial charge in [0.05, 0.1) is 19.4 Å². The van der Waals surface area contributed by atoms with Crippen molar-refractivity contribution in [2.75, 3.05) is 36.6 Å². The minimum Gasteiger partial charge on any atom is -0.378 e. The third-order valence-corrected chi connectivity index (χ3v) is 4.89. The summed E-state index contributed by atoms with van der Waals surface area (Å²) in [5, 5.41) is 4.43. The largest absolute Gasteiger partial charge is 0.378 e. The van der Waals surface area contributed by atoms with Gasteiger partial charge in [-0.1, -0.05) is 60.2 Å². The first kappa shape index (κ1) is 19.1. The third kappa shape index (κ3) is 4.60. The summed E-state index contributed by atoms with van der Waals surface area (Å²) < 4.78 is 5.51. The van der Waals surface area contributed by atoms with Gasteiger partial charge in [0.15, 0.2) is 11.6 Å². The average Bonchev–Trinajstić information content (AvgIpc) is 2.76. The van der Waals surface area contributed by atoms with Gasteiger partial charge in [-0.15, -0.1) is 0 Å². The van der Waals surface area contributed by atoms with Crippen molar-refractivity contribution in [3.8, 4) is 11.4 Å². The predicted octanol–water partition coefficient (Wildman–Crippen LogP) is 4.04. The van der Waals surface area contributed by atoms with E-state index in [2.05, 4.69) is 34.5 Å². The molecule has 0 saturated carbocycles. The summed E-state index contributed by atoms with van der Waals surface area (Å²) >= 11 is 0. The van der Waals surface area contributed by atoms with Crippen molar-refractivity contribution in [1.29, 1.82) is 0 Å². The lowest BCUT2D eigenvalue weighted by molar-refractivity contribution is 0.122. The van der Waals surface area contributed by atoms with Crippen LogP contribution in [0.1, 0.15) is 16.7 Å². The molecular formula is C23H25N5O. The first-order valence-electron chi connectivity index (χ1n) is 9.83. The summed E-state index contributed by atoms with van der Waals surface area (Å²) in [6.45, 7) is 7.15. The molecule has 0 spiro atoms. The van der Waals surface area contributed by atoms with Crippen LogP contribution < -0.4 is 10.3 Å². The molecule has 0 atom stereocenters. The molecule has 0 aliphatic carbocycles. The Morgan fingerprint density at radius 3 is 2.55 bits per heavy atom. The number of hydrogen-bond acceptors (Lipinski definition) is 6. The van der Waals surface area contributed by atoms with E-state index >= 15 is 0 Å². The molecule has 2 aromatic carbocycles. The first-order valence-corrected chi connectivity index (χ1v) is 9.83. The van der Waals surface area contributed by atoms with Crippen molar-refractivity contribution >= 4 is 17.9 Å². The quantitative estimate of drug-likeness (QED) is 0.529. The number of rotatable bonds is 5. The zero-order valence-electron chi connectivity index (χ0n) is 16.8. The van der Waals surface area contributed by atoms with Crippen LogP contribution in [0.25, 0.3) is 11.4 Å². The molecule has 2 heterocycles. The van der Waals surface area contributed by atoms with Crippen LogP contribution in [0.2, 0.25) is 0 Å². The van der Waals surface area contributed by atoms with E-state index in [1.165, 1.54) is 5.56 Å². The highest BCUT2D eigenvalue weighted by Gasteiger charge is 2.19. The maximum Gasteiger partial charge on any atom is 0.163 e. The smallest absolute Gasteiger partial charge is 0.163 e. The number of hydrogen-bond donors (Lipinski definition) is 1. The zero-order chi connectivity index (χ0) is 20.1. The Hall–Kier alpha value is -3.25. The molecule has 1 N–H and O–H groups in total. The van der Waals surface area contributed by atoms with E-state index in [9.17, 15) is 0 Å². The molecule has 4 rings (SSSR count). The Bertz CT molecular complexity index is 997. The molecule has 0 bridgehead atoms. The van der Waals surface area contributed by atoms with E-state index in [1.807, 2.05) is 55.6 Å². The molecule has 6 nitrogen and oxygen atoms in total. The molecule has 1 fully saturated rings. The summed E-state index contributed by atoms with van der Waals surface area (Å²) in [6.07, 6.45) is 1.81. The molecule has 1 aliphatic rings. The summed E-state index contributed by atoms with van der Waals surface area (Å²) in [5.41, 5.74) is 7.33. The van der Waals surface area contributed by atoms with Crippen LogP contribution >= 0.6 is 0 Å². The van der Waals surface area contributed by atoms with Gasteiger partial charge in [0.2, 0.25) is 0 Å². The molecule has 0 radical (unpaired) electrons. The molecule has 0 amide bonds.